The van der Waals surface area contributed by atoms with E-state index in [1.54, 1.807) is 48.5 Å². The van der Waals surface area contributed by atoms with E-state index in [1.165, 1.54) is 0 Å². The maximum absolute atomic E-state index is 13.0. The standard InChI is InChI=1S/C22H14Cl2O3S/c23-18-11-10-15(12-19(18)24)28(26)13-17-16-8-4-5-9-20(16)27-22(17)21(25)14-6-2-1-3-7-14/h1-12H,13H2. The molecular formula is C22H14Cl2O3S. The van der Waals surface area contributed by atoms with Crippen LogP contribution in [-0.2, 0) is 16.6 Å². The second kappa shape index (κ2) is 7.92. The molecule has 1 aromatic heterocycles. The van der Waals surface area contributed by atoms with E-state index in [9.17, 15) is 9.00 Å². The van der Waals surface area contributed by atoms with Gasteiger partial charge in [-0.15, -0.1) is 0 Å². The van der Waals surface area contributed by atoms with Gasteiger partial charge in [-0.25, -0.2) is 0 Å². The number of furan rings is 1. The number of hydrogen-bond donors (Lipinski definition) is 0. The van der Waals surface area contributed by atoms with E-state index >= 15 is 0 Å². The molecule has 4 aromatic rings. The number of halogens is 2. The van der Waals surface area contributed by atoms with E-state index in [-0.39, 0.29) is 17.3 Å². The van der Waals surface area contributed by atoms with Gasteiger partial charge in [-0.2, -0.15) is 0 Å². The molecule has 28 heavy (non-hydrogen) atoms. The molecule has 0 aliphatic rings. The smallest absolute Gasteiger partial charge is 0.228 e. The van der Waals surface area contributed by atoms with E-state index in [0.29, 0.717) is 31.7 Å². The molecule has 1 unspecified atom stereocenters. The van der Waals surface area contributed by atoms with Gasteiger partial charge in [-0.05, 0) is 24.3 Å². The Balaban J connectivity index is 1.78. The fourth-order valence-electron chi connectivity index (χ4n) is 2.98. The molecule has 3 aromatic carbocycles. The van der Waals surface area contributed by atoms with Crippen LogP contribution >= 0.6 is 23.2 Å². The molecule has 0 aliphatic heterocycles. The summed E-state index contributed by atoms with van der Waals surface area (Å²) in [6.45, 7) is 0. The quantitative estimate of drug-likeness (QED) is 0.351. The van der Waals surface area contributed by atoms with Crippen LogP contribution in [0.2, 0.25) is 10.0 Å². The Morgan fingerprint density at radius 1 is 0.893 bits per heavy atom. The van der Waals surface area contributed by atoms with E-state index in [2.05, 4.69) is 0 Å². The molecule has 0 bridgehead atoms. The predicted molar refractivity (Wildman–Crippen MR) is 113 cm³/mol. The van der Waals surface area contributed by atoms with Crippen LogP contribution in [0.25, 0.3) is 11.0 Å². The average Bonchev–Trinajstić information content (AvgIpc) is 3.08. The summed E-state index contributed by atoms with van der Waals surface area (Å²) >= 11 is 12.0. The van der Waals surface area contributed by atoms with Crippen LogP contribution in [-0.4, -0.2) is 9.99 Å². The number of ketones is 1. The Labute approximate surface area is 174 Å². The molecule has 0 spiro atoms. The summed E-state index contributed by atoms with van der Waals surface area (Å²) in [5.41, 5.74) is 1.72. The summed E-state index contributed by atoms with van der Waals surface area (Å²) in [5, 5.41) is 1.51. The average molecular weight is 429 g/mol. The molecule has 1 atom stereocenters. The van der Waals surface area contributed by atoms with Gasteiger partial charge in [0.2, 0.25) is 5.78 Å². The number of rotatable bonds is 5. The van der Waals surface area contributed by atoms with Gasteiger partial charge in [-0.1, -0.05) is 71.7 Å². The first-order chi connectivity index (χ1) is 13.5. The molecule has 4 rings (SSSR count). The highest BCUT2D eigenvalue weighted by atomic mass is 35.5. The van der Waals surface area contributed by atoms with Crippen LogP contribution < -0.4 is 0 Å². The number of hydrogen-bond acceptors (Lipinski definition) is 3. The molecular weight excluding hydrogens is 415 g/mol. The van der Waals surface area contributed by atoms with Gasteiger partial charge in [0.15, 0.2) is 5.76 Å². The zero-order chi connectivity index (χ0) is 19.7. The maximum Gasteiger partial charge on any atom is 0.228 e. The van der Waals surface area contributed by atoms with Crippen molar-refractivity contribution in [3.63, 3.8) is 0 Å². The Hall–Kier alpha value is -2.40. The van der Waals surface area contributed by atoms with Crippen LogP contribution in [0.15, 0.2) is 82.1 Å². The topological polar surface area (TPSA) is 47.3 Å². The molecule has 1 heterocycles. The molecule has 0 fully saturated rings. The van der Waals surface area contributed by atoms with E-state index < -0.39 is 10.8 Å². The minimum atomic E-state index is -1.43. The van der Waals surface area contributed by atoms with E-state index in [4.69, 9.17) is 27.6 Å². The molecule has 0 N–H and O–H groups in total. The summed E-state index contributed by atoms with van der Waals surface area (Å²) in [5.74, 6) is 0.0989. The van der Waals surface area contributed by atoms with E-state index in [1.807, 2.05) is 24.3 Å². The minimum absolute atomic E-state index is 0.128. The third kappa shape index (κ3) is 3.63. The fourth-order valence-corrected chi connectivity index (χ4v) is 4.53. The number of benzene rings is 3. The summed E-state index contributed by atoms with van der Waals surface area (Å²) < 4.78 is 18.9. The van der Waals surface area contributed by atoms with Crippen LogP contribution in [0.5, 0.6) is 0 Å². The SMILES string of the molecule is O=C(c1ccccc1)c1oc2ccccc2c1CS(=O)c1ccc(Cl)c(Cl)c1. The van der Waals surface area contributed by atoms with Gasteiger partial charge in [0, 0.05) is 21.4 Å². The zero-order valence-corrected chi connectivity index (χ0v) is 16.9. The predicted octanol–water partition coefficient (Wildman–Crippen LogP) is 6.28. The highest BCUT2D eigenvalue weighted by molar-refractivity contribution is 7.84. The summed E-state index contributed by atoms with van der Waals surface area (Å²) in [6.07, 6.45) is 0. The van der Waals surface area contributed by atoms with Crippen LogP contribution in [0.3, 0.4) is 0 Å². The first-order valence-electron chi connectivity index (χ1n) is 8.48. The lowest BCUT2D eigenvalue weighted by Gasteiger charge is -2.05. The normalized spacial score (nSPS) is 12.2. The monoisotopic (exact) mass is 428 g/mol. The lowest BCUT2D eigenvalue weighted by Crippen LogP contribution is -2.05. The molecule has 140 valence electrons. The van der Waals surface area contributed by atoms with Crippen molar-refractivity contribution in [2.24, 2.45) is 0 Å². The molecule has 0 amide bonds. The van der Waals surface area contributed by atoms with Crippen molar-refractivity contribution < 1.29 is 13.4 Å². The number of para-hydroxylation sites is 1. The lowest BCUT2D eigenvalue weighted by molar-refractivity contribution is 0.101. The van der Waals surface area contributed by atoms with Crippen molar-refractivity contribution in [1.29, 1.82) is 0 Å². The maximum atomic E-state index is 13.0. The van der Waals surface area contributed by atoms with Gasteiger partial charge in [0.1, 0.15) is 5.58 Å². The summed E-state index contributed by atoms with van der Waals surface area (Å²) in [7, 11) is -1.43. The third-order valence-electron chi connectivity index (χ3n) is 4.37. The largest absolute Gasteiger partial charge is 0.452 e. The van der Waals surface area contributed by atoms with Crippen LogP contribution in [0.4, 0.5) is 0 Å². The van der Waals surface area contributed by atoms with Gasteiger partial charge in [0.05, 0.1) is 26.6 Å². The van der Waals surface area contributed by atoms with Crippen LogP contribution in [0, 0.1) is 0 Å². The first-order valence-corrected chi connectivity index (χ1v) is 10.6. The Kier molecular flexibility index (Phi) is 5.36. The Bertz CT molecular complexity index is 1200. The van der Waals surface area contributed by atoms with Gasteiger partial charge < -0.3 is 4.42 Å². The minimum Gasteiger partial charge on any atom is -0.452 e. The molecule has 0 saturated heterocycles. The van der Waals surface area contributed by atoms with E-state index in [0.717, 1.165) is 5.39 Å². The molecule has 0 aliphatic carbocycles. The Morgan fingerprint density at radius 3 is 2.36 bits per heavy atom. The van der Waals surface area contributed by atoms with Gasteiger partial charge in [0.25, 0.3) is 0 Å². The fraction of sp³-hybridized carbons (Fsp3) is 0.0455. The third-order valence-corrected chi connectivity index (χ3v) is 6.44. The first kappa shape index (κ1) is 18.9. The highest BCUT2D eigenvalue weighted by Gasteiger charge is 2.23. The molecule has 0 radical (unpaired) electrons. The van der Waals surface area contributed by atoms with Crippen molar-refractivity contribution in [3.05, 3.63) is 99.7 Å². The van der Waals surface area contributed by atoms with Gasteiger partial charge in [-0.3, -0.25) is 9.00 Å². The summed E-state index contributed by atoms with van der Waals surface area (Å²) in [4.78, 5) is 13.6. The van der Waals surface area contributed by atoms with Crippen molar-refractivity contribution in [2.75, 3.05) is 0 Å². The van der Waals surface area contributed by atoms with Crippen molar-refractivity contribution >= 4 is 50.8 Å². The Morgan fingerprint density at radius 2 is 1.61 bits per heavy atom. The number of fused-ring (bicyclic) bond motifs is 1. The summed E-state index contributed by atoms with van der Waals surface area (Å²) in [6, 6.07) is 21.1. The second-order valence-corrected chi connectivity index (χ2v) is 8.43. The molecule has 3 nitrogen and oxygen atoms in total. The molecule has 0 saturated carbocycles. The van der Waals surface area contributed by atoms with Crippen molar-refractivity contribution in [1.82, 2.24) is 0 Å². The number of carbonyl (C=O) groups is 1. The zero-order valence-electron chi connectivity index (χ0n) is 14.5. The molecule has 6 heteroatoms. The van der Waals surface area contributed by atoms with Crippen molar-refractivity contribution in [2.45, 2.75) is 10.6 Å². The van der Waals surface area contributed by atoms with Crippen molar-refractivity contribution in [3.8, 4) is 0 Å². The number of carbonyl (C=O) groups excluding carboxylic acids is 1. The van der Waals surface area contributed by atoms with Crippen LogP contribution in [0.1, 0.15) is 21.7 Å². The lowest BCUT2D eigenvalue weighted by atomic mass is 10.0. The van der Waals surface area contributed by atoms with Gasteiger partial charge >= 0.3 is 0 Å². The second-order valence-electron chi connectivity index (χ2n) is 6.17. The highest BCUT2D eigenvalue weighted by Crippen LogP contribution is 2.31.